The molecule has 0 aromatic rings. The van der Waals surface area contributed by atoms with E-state index < -0.39 is 37.0 Å². The normalized spacial score (nSPS) is 21.4. The third kappa shape index (κ3) is 3.71. The van der Waals surface area contributed by atoms with E-state index in [0.717, 1.165) is 0 Å². The van der Waals surface area contributed by atoms with Gasteiger partial charge in [0.2, 0.25) is 12.3 Å². The minimum absolute atomic E-state index is 4.27. The van der Waals surface area contributed by atoms with Crippen LogP contribution in [0.2, 0.25) is 0 Å². The smallest absolute Gasteiger partial charge is 0.241 e. The van der Waals surface area contributed by atoms with Crippen LogP contribution in [0.25, 0.3) is 0 Å². The Hall–Kier alpha value is -0.700. The molecule has 10 heteroatoms. The van der Waals surface area contributed by atoms with E-state index in [0.29, 0.717) is 0 Å². The second-order valence-corrected chi connectivity index (χ2v) is 2.78. The highest BCUT2D eigenvalue weighted by Gasteiger charge is 2.56. The lowest BCUT2D eigenvalue weighted by Gasteiger charge is -2.23. The predicted molar refractivity (Wildman–Crippen MR) is 31.7 cm³/mol. The number of halogens is 10. The van der Waals surface area contributed by atoms with Gasteiger partial charge in [-0.2, -0.15) is 26.3 Å². The van der Waals surface area contributed by atoms with Gasteiger partial charge in [-0.25, -0.2) is 17.6 Å². The molecule has 0 nitrogen and oxygen atoms in total. The average Bonchev–Trinajstić information content (AvgIpc) is 2.10. The summed E-state index contributed by atoms with van der Waals surface area (Å²) >= 11 is 0. The van der Waals surface area contributed by atoms with E-state index in [-0.39, 0.29) is 0 Å². The highest BCUT2D eigenvalue weighted by Crippen LogP contribution is 2.34. The minimum atomic E-state index is -5.89. The molecule has 98 valence electrons. The highest BCUT2D eigenvalue weighted by molar-refractivity contribution is 4.88. The van der Waals surface area contributed by atoms with Crippen LogP contribution in [0.15, 0.2) is 0 Å². The predicted octanol–water partition coefficient (Wildman–Crippen LogP) is 3.46. The highest BCUT2D eigenvalue weighted by atomic mass is 19.4. The molecule has 0 N–H and O–H groups in total. The van der Waals surface area contributed by atoms with Crippen LogP contribution in [-0.4, -0.2) is 37.0 Å². The van der Waals surface area contributed by atoms with Gasteiger partial charge >= 0.3 is 12.4 Å². The van der Waals surface area contributed by atoms with Crippen LogP contribution in [0, 0.1) is 0 Å². The third-order valence-electron chi connectivity index (χ3n) is 1.49. The van der Waals surface area contributed by atoms with Crippen LogP contribution >= 0.6 is 0 Å². The lowest BCUT2D eigenvalue weighted by atomic mass is 10.1. The molecule has 0 heterocycles. The van der Waals surface area contributed by atoms with Crippen molar-refractivity contribution in [2.45, 2.75) is 37.0 Å². The Morgan fingerprint density at radius 1 is 0.500 bits per heavy atom. The summed E-state index contributed by atoms with van der Waals surface area (Å²) in [5.74, 6) is 0. The van der Waals surface area contributed by atoms with E-state index in [4.69, 9.17) is 0 Å². The molecule has 0 fully saturated rings. The molecule has 0 aliphatic rings. The molecule has 0 aliphatic carbocycles. The van der Waals surface area contributed by atoms with E-state index in [2.05, 4.69) is 0 Å². The Kier molecular flexibility index (Phi) is 4.46. The van der Waals surface area contributed by atoms with Gasteiger partial charge < -0.3 is 0 Å². The van der Waals surface area contributed by atoms with Crippen molar-refractivity contribution in [2.75, 3.05) is 0 Å². The molecule has 0 bridgehead atoms. The largest absolute Gasteiger partial charge is 0.422 e. The van der Waals surface area contributed by atoms with Gasteiger partial charge in [0.1, 0.15) is 0 Å². The zero-order valence-electron chi connectivity index (χ0n) is 7.09. The van der Waals surface area contributed by atoms with Gasteiger partial charge in [-0.15, -0.1) is 0 Å². The fourth-order valence-electron chi connectivity index (χ4n) is 0.684. The minimum Gasteiger partial charge on any atom is -0.241 e. The SMILES string of the molecule is FC(C(F)C(F)C(F)(F)F)C(F)C(F)(F)F. The van der Waals surface area contributed by atoms with Crippen LogP contribution in [-0.2, 0) is 0 Å². The van der Waals surface area contributed by atoms with Crippen LogP contribution in [0.3, 0.4) is 0 Å². The summed E-state index contributed by atoms with van der Waals surface area (Å²) in [5.41, 5.74) is 0. The third-order valence-corrected chi connectivity index (χ3v) is 1.49. The Morgan fingerprint density at radius 3 is 0.812 bits per heavy atom. The molecule has 4 atom stereocenters. The summed E-state index contributed by atoms with van der Waals surface area (Å²) in [4.78, 5) is 0. The van der Waals surface area contributed by atoms with Crippen LogP contribution < -0.4 is 0 Å². The molecule has 0 amide bonds. The maximum atomic E-state index is 12.3. The van der Waals surface area contributed by atoms with Crippen molar-refractivity contribution in [3.63, 3.8) is 0 Å². The molecule has 0 aromatic carbocycles. The van der Waals surface area contributed by atoms with Gasteiger partial charge in [0.05, 0.1) is 0 Å². The summed E-state index contributed by atoms with van der Waals surface area (Å²) in [5, 5.41) is 0. The van der Waals surface area contributed by atoms with E-state index in [1.165, 1.54) is 0 Å². The summed E-state index contributed by atoms with van der Waals surface area (Å²) < 4.78 is 117. The number of rotatable bonds is 3. The Balaban J connectivity index is 4.68. The van der Waals surface area contributed by atoms with Crippen molar-refractivity contribution in [1.82, 2.24) is 0 Å². The summed E-state index contributed by atoms with van der Waals surface area (Å²) in [6.07, 6.45) is -29.3. The van der Waals surface area contributed by atoms with E-state index in [1.54, 1.807) is 0 Å². The molecular formula is C6H4F10. The Labute approximate surface area is 82.2 Å². The first kappa shape index (κ1) is 15.3. The molecule has 0 saturated carbocycles. The lowest BCUT2D eigenvalue weighted by molar-refractivity contribution is -0.229. The number of hydrogen-bond acceptors (Lipinski definition) is 0. The zero-order valence-corrected chi connectivity index (χ0v) is 7.09. The van der Waals surface area contributed by atoms with Crippen molar-refractivity contribution in [3.8, 4) is 0 Å². The van der Waals surface area contributed by atoms with Crippen LogP contribution in [0.1, 0.15) is 0 Å². The average molecular weight is 266 g/mol. The number of alkyl halides is 10. The molecular weight excluding hydrogens is 262 g/mol. The topological polar surface area (TPSA) is 0 Å². The first-order chi connectivity index (χ1) is 6.89. The molecule has 0 rings (SSSR count). The van der Waals surface area contributed by atoms with Crippen molar-refractivity contribution < 1.29 is 43.9 Å². The summed E-state index contributed by atoms with van der Waals surface area (Å²) in [7, 11) is 0. The van der Waals surface area contributed by atoms with E-state index in [1.807, 2.05) is 0 Å². The first-order valence-electron chi connectivity index (χ1n) is 3.58. The van der Waals surface area contributed by atoms with E-state index >= 15 is 0 Å². The summed E-state index contributed by atoms with van der Waals surface area (Å²) in [6, 6.07) is 0. The van der Waals surface area contributed by atoms with Crippen LogP contribution in [0.5, 0.6) is 0 Å². The standard InChI is InChI=1S/C6H4F10/c7-1(3(9)5(11,12)13)2(8)4(10)6(14,15)16/h1-4H. The Bertz CT molecular complexity index is 192. The molecule has 0 saturated heterocycles. The molecule has 4 unspecified atom stereocenters. The fourth-order valence-corrected chi connectivity index (χ4v) is 0.684. The fraction of sp³-hybridized carbons (Fsp3) is 1.00. The zero-order chi connectivity index (χ0) is 13.3. The van der Waals surface area contributed by atoms with Crippen molar-refractivity contribution in [1.29, 1.82) is 0 Å². The first-order valence-corrected chi connectivity index (χ1v) is 3.58. The molecule has 0 aliphatic heterocycles. The van der Waals surface area contributed by atoms with Gasteiger partial charge in [0.25, 0.3) is 0 Å². The van der Waals surface area contributed by atoms with Gasteiger partial charge in [-0.05, 0) is 0 Å². The second kappa shape index (κ2) is 4.66. The van der Waals surface area contributed by atoms with Gasteiger partial charge in [0, 0.05) is 0 Å². The molecule has 0 spiro atoms. The van der Waals surface area contributed by atoms with Gasteiger partial charge in [-0.3, -0.25) is 0 Å². The van der Waals surface area contributed by atoms with E-state index in [9.17, 15) is 43.9 Å². The second-order valence-electron chi connectivity index (χ2n) is 2.78. The maximum absolute atomic E-state index is 12.3. The van der Waals surface area contributed by atoms with Gasteiger partial charge in [-0.1, -0.05) is 0 Å². The summed E-state index contributed by atoms with van der Waals surface area (Å²) in [6.45, 7) is 0. The van der Waals surface area contributed by atoms with Gasteiger partial charge in [0.15, 0.2) is 12.3 Å². The quantitative estimate of drug-likeness (QED) is 0.686. The maximum Gasteiger partial charge on any atom is 0.422 e. The molecule has 16 heavy (non-hydrogen) atoms. The Morgan fingerprint density at radius 2 is 0.688 bits per heavy atom. The monoisotopic (exact) mass is 266 g/mol. The van der Waals surface area contributed by atoms with Crippen LogP contribution in [0.4, 0.5) is 43.9 Å². The van der Waals surface area contributed by atoms with Crippen molar-refractivity contribution >= 4 is 0 Å². The number of hydrogen-bond donors (Lipinski definition) is 0. The molecule has 0 radical (unpaired) electrons. The lowest BCUT2D eigenvalue weighted by Crippen LogP contribution is -2.46. The van der Waals surface area contributed by atoms with Crippen molar-refractivity contribution in [2.24, 2.45) is 0 Å². The molecule has 0 aromatic heterocycles. The van der Waals surface area contributed by atoms with Crippen molar-refractivity contribution in [3.05, 3.63) is 0 Å².